The van der Waals surface area contributed by atoms with Crippen LogP contribution in [0.3, 0.4) is 0 Å². The predicted octanol–water partition coefficient (Wildman–Crippen LogP) is 2.22. The topological polar surface area (TPSA) is 69.8 Å². The molecule has 8 heteroatoms. The molecule has 136 valence electrons. The number of benzene rings is 1. The molecule has 1 saturated heterocycles. The van der Waals surface area contributed by atoms with Gasteiger partial charge in [0.25, 0.3) is 0 Å². The molecule has 2 aromatic rings. The molecule has 1 aromatic heterocycles. The van der Waals surface area contributed by atoms with E-state index in [9.17, 15) is 0 Å². The zero-order valence-corrected chi connectivity index (χ0v) is 15.9. The van der Waals surface area contributed by atoms with Crippen molar-refractivity contribution in [3.8, 4) is 0 Å². The molecule has 6 nitrogen and oxygen atoms in total. The highest BCUT2D eigenvalue weighted by atomic mass is 35.5. The minimum Gasteiger partial charge on any atom is -0.375 e. The van der Waals surface area contributed by atoms with Crippen molar-refractivity contribution in [3.05, 3.63) is 58.9 Å². The normalized spacial score (nSPS) is 15.3. The van der Waals surface area contributed by atoms with Crippen LogP contribution < -0.4 is 16.1 Å². The Morgan fingerprint density at radius 2 is 1.96 bits per heavy atom. The lowest BCUT2D eigenvalue weighted by molar-refractivity contribution is 0.250. The minimum absolute atomic E-state index is 0.124. The second-order valence-electron chi connectivity index (χ2n) is 6.06. The van der Waals surface area contributed by atoms with Crippen molar-refractivity contribution in [2.45, 2.75) is 6.54 Å². The predicted molar refractivity (Wildman–Crippen MR) is 111 cm³/mol. The summed E-state index contributed by atoms with van der Waals surface area (Å²) in [7, 11) is 0. The molecule has 3 N–H and O–H groups in total. The Morgan fingerprint density at radius 3 is 2.62 bits per heavy atom. The van der Waals surface area contributed by atoms with Crippen LogP contribution in [0.1, 0.15) is 11.1 Å². The number of halogens is 1. The van der Waals surface area contributed by atoms with Gasteiger partial charge in [-0.05, 0) is 48.1 Å². The third-order valence-electron chi connectivity index (χ3n) is 4.26. The lowest BCUT2D eigenvalue weighted by Gasteiger charge is -2.36. The van der Waals surface area contributed by atoms with E-state index >= 15 is 0 Å². The molecule has 0 spiro atoms. The van der Waals surface area contributed by atoms with E-state index in [1.54, 1.807) is 6.21 Å². The Morgan fingerprint density at radius 1 is 1.23 bits per heavy atom. The molecular weight excluding hydrogens is 368 g/mol. The van der Waals surface area contributed by atoms with Gasteiger partial charge in [0.05, 0.1) is 11.2 Å². The third-order valence-corrected chi connectivity index (χ3v) is 4.67. The number of nitrogens with zero attached hydrogens (tertiary/aromatic N) is 4. The molecule has 3 rings (SSSR count). The van der Waals surface area contributed by atoms with E-state index in [-0.39, 0.29) is 5.11 Å². The van der Waals surface area contributed by atoms with Crippen molar-refractivity contribution in [2.24, 2.45) is 10.8 Å². The number of rotatable bonds is 5. The molecule has 1 fully saturated rings. The van der Waals surface area contributed by atoms with Gasteiger partial charge in [0.15, 0.2) is 5.11 Å². The quantitative estimate of drug-likeness (QED) is 0.465. The molecule has 1 aromatic carbocycles. The monoisotopic (exact) mass is 388 g/mol. The second kappa shape index (κ2) is 8.93. The number of hydrogen-bond donors (Lipinski definition) is 2. The number of thiocarbonyl (C=S) groups is 1. The van der Waals surface area contributed by atoms with Gasteiger partial charge in [0.1, 0.15) is 0 Å². The highest BCUT2D eigenvalue weighted by Crippen LogP contribution is 2.24. The number of hydrazone groups is 1. The number of pyridine rings is 1. The first kappa shape index (κ1) is 18.6. The van der Waals surface area contributed by atoms with E-state index in [1.807, 2.05) is 24.5 Å². The van der Waals surface area contributed by atoms with E-state index in [0.717, 1.165) is 44.0 Å². The Labute approximate surface area is 163 Å². The standard InChI is InChI=1S/C18H21ClN6S/c19-17-11-16(2-1-15(17)12-22-23-18(20)26)25-9-7-24(8-10-25)13-14-3-5-21-6-4-14/h1-6,11-12H,7-10,13H2,(H3,20,23,26). The van der Waals surface area contributed by atoms with Gasteiger partial charge in [-0.15, -0.1) is 0 Å². The Balaban J connectivity index is 1.56. The lowest BCUT2D eigenvalue weighted by Crippen LogP contribution is -2.45. The maximum atomic E-state index is 6.37. The largest absolute Gasteiger partial charge is 0.375 e. The van der Waals surface area contributed by atoms with Crippen LogP contribution >= 0.6 is 23.8 Å². The fourth-order valence-corrected chi connectivity index (χ4v) is 3.17. The maximum absolute atomic E-state index is 6.37. The molecule has 0 bridgehead atoms. The zero-order valence-electron chi connectivity index (χ0n) is 14.3. The summed E-state index contributed by atoms with van der Waals surface area (Å²) < 4.78 is 0. The van der Waals surface area contributed by atoms with Crippen LogP contribution in [0.25, 0.3) is 0 Å². The van der Waals surface area contributed by atoms with Crippen LogP contribution in [0.4, 0.5) is 5.69 Å². The van der Waals surface area contributed by atoms with Gasteiger partial charge >= 0.3 is 0 Å². The summed E-state index contributed by atoms with van der Waals surface area (Å²) in [5.74, 6) is 0. The summed E-state index contributed by atoms with van der Waals surface area (Å²) in [6, 6.07) is 10.1. The minimum atomic E-state index is 0.124. The molecule has 26 heavy (non-hydrogen) atoms. The highest BCUT2D eigenvalue weighted by molar-refractivity contribution is 7.80. The molecule has 0 aliphatic carbocycles. The zero-order chi connectivity index (χ0) is 18.4. The van der Waals surface area contributed by atoms with Crippen LogP contribution in [0.15, 0.2) is 47.8 Å². The van der Waals surface area contributed by atoms with Crippen LogP contribution in [-0.2, 0) is 6.54 Å². The third kappa shape index (κ3) is 5.14. The van der Waals surface area contributed by atoms with E-state index in [4.69, 9.17) is 29.6 Å². The second-order valence-corrected chi connectivity index (χ2v) is 6.91. The molecule has 0 saturated carbocycles. The summed E-state index contributed by atoms with van der Waals surface area (Å²) in [5.41, 5.74) is 11.1. The van der Waals surface area contributed by atoms with E-state index in [1.165, 1.54) is 5.56 Å². The number of aromatic nitrogens is 1. The van der Waals surface area contributed by atoms with Crippen LogP contribution in [0, 0.1) is 0 Å². The molecule has 1 aliphatic heterocycles. The number of hydrogen-bond acceptors (Lipinski definition) is 5. The fourth-order valence-electron chi connectivity index (χ4n) is 2.89. The summed E-state index contributed by atoms with van der Waals surface area (Å²) in [4.78, 5) is 8.87. The van der Waals surface area contributed by atoms with Gasteiger partial charge in [0, 0.05) is 56.4 Å². The Hall–Kier alpha value is -2.22. The average molecular weight is 389 g/mol. The van der Waals surface area contributed by atoms with Crippen molar-refractivity contribution in [2.75, 3.05) is 31.1 Å². The SMILES string of the molecule is NC(=S)NN=Cc1ccc(N2CCN(Cc3ccncc3)CC2)cc1Cl. The van der Waals surface area contributed by atoms with E-state index < -0.39 is 0 Å². The molecule has 0 unspecified atom stereocenters. The molecule has 0 atom stereocenters. The van der Waals surface area contributed by atoms with Crippen LogP contribution in [-0.4, -0.2) is 47.4 Å². The number of piperazine rings is 1. The average Bonchev–Trinajstić information content (AvgIpc) is 2.64. The number of nitrogens with two attached hydrogens (primary N) is 1. The van der Waals surface area contributed by atoms with Gasteiger partial charge < -0.3 is 10.6 Å². The van der Waals surface area contributed by atoms with Gasteiger partial charge in [-0.2, -0.15) is 5.10 Å². The van der Waals surface area contributed by atoms with Gasteiger partial charge in [0.2, 0.25) is 0 Å². The smallest absolute Gasteiger partial charge is 0.184 e. The highest BCUT2D eigenvalue weighted by Gasteiger charge is 2.17. The molecule has 2 heterocycles. The first-order valence-corrected chi connectivity index (χ1v) is 9.15. The van der Waals surface area contributed by atoms with Crippen LogP contribution in [0.2, 0.25) is 5.02 Å². The van der Waals surface area contributed by atoms with Crippen molar-refractivity contribution in [3.63, 3.8) is 0 Å². The van der Waals surface area contributed by atoms with Gasteiger partial charge in [-0.1, -0.05) is 11.6 Å². The Bertz CT molecular complexity index is 775. The van der Waals surface area contributed by atoms with Gasteiger partial charge in [-0.3, -0.25) is 15.3 Å². The maximum Gasteiger partial charge on any atom is 0.184 e. The van der Waals surface area contributed by atoms with Gasteiger partial charge in [-0.25, -0.2) is 0 Å². The molecule has 1 aliphatic rings. The summed E-state index contributed by atoms with van der Waals surface area (Å²) in [5, 5.41) is 4.72. The molecular formula is C18H21ClN6S. The fraction of sp³-hybridized carbons (Fsp3) is 0.278. The van der Waals surface area contributed by atoms with Crippen molar-refractivity contribution < 1.29 is 0 Å². The number of nitrogens with one attached hydrogen (secondary N) is 1. The van der Waals surface area contributed by atoms with E-state index in [2.05, 4.69) is 43.5 Å². The van der Waals surface area contributed by atoms with Crippen molar-refractivity contribution in [1.29, 1.82) is 0 Å². The van der Waals surface area contributed by atoms with E-state index in [0.29, 0.717) is 5.02 Å². The summed E-state index contributed by atoms with van der Waals surface area (Å²) in [6.45, 7) is 4.93. The number of anilines is 1. The lowest BCUT2D eigenvalue weighted by atomic mass is 10.1. The summed E-state index contributed by atoms with van der Waals surface area (Å²) >= 11 is 11.1. The van der Waals surface area contributed by atoms with Crippen molar-refractivity contribution in [1.82, 2.24) is 15.3 Å². The molecule has 0 radical (unpaired) electrons. The Kier molecular flexibility index (Phi) is 6.38. The summed E-state index contributed by atoms with van der Waals surface area (Å²) in [6.07, 6.45) is 5.29. The van der Waals surface area contributed by atoms with Crippen molar-refractivity contribution >= 4 is 40.8 Å². The first-order chi connectivity index (χ1) is 12.6. The molecule has 0 amide bonds. The van der Waals surface area contributed by atoms with Crippen LogP contribution in [0.5, 0.6) is 0 Å². The first-order valence-electron chi connectivity index (χ1n) is 8.36.